The van der Waals surface area contributed by atoms with Crippen LogP contribution in [0.25, 0.3) is 0 Å². The Morgan fingerprint density at radius 1 is 1.53 bits per heavy atom. The Balaban J connectivity index is 2.20. The first kappa shape index (κ1) is 14.0. The lowest BCUT2D eigenvalue weighted by Crippen LogP contribution is -2.11. The summed E-state index contributed by atoms with van der Waals surface area (Å²) in [6.07, 6.45) is 0.835. The molecule has 1 aromatic heterocycles. The molecule has 1 aromatic carbocycles. The highest BCUT2D eigenvalue weighted by atomic mass is 79.9. The first-order valence-electron chi connectivity index (χ1n) is 5.77. The maximum absolute atomic E-state index is 12.0. The Hall–Kier alpha value is -1.40. The third kappa shape index (κ3) is 3.13. The fourth-order valence-electron chi connectivity index (χ4n) is 1.67. The number of benzene rings is 1. The number of rotatable bonds is 3. The number of thiazole rings is 1. The SMILES string of the molecule is CCc1nc(NC(=O)c2ccc(Br)cc2O)sc1C. The van der Waals surface area contributed by atoms with Crippen LogP contribution in [0.15, 0.2) is 22.7 Å². The molecular weight excluding hydrogens is 328 g/mol. The highest BCUT2D eigenvalue weighted by Crippen LogP contribution is 2.26. The molecule has 100 valence electrons. The Morgan fingerprint density at radius 2 is 2.26 bits per heavy atom. The Bertz CT molecular complexity index is 625. The fourth-order valence-corrected chi connectivity index (χ4v) is 2.92. The molecule has 4 nitrogen and oxygen atoms in total. The third-order valence-corrected chi connectivity index (χ3v) is 4.07. The van der Waals surface area contributed by atoms with Gasteiger partial charge in [0.2, 0.25) is 0 Å². The molecule has 0 saturated heterocycles. The fraction of sp³-hybridized carbons (Fsp3) is 0.231. The van der Waals surface area contributed by atoms with Gasteiger partial charge in [0.05, 0.1) is 11.3 Å². The number of aromatic nitrogens is 1. The number of aryl methyl sites for hydroxylation is 2. The number of anilines is 1. The molecule has 1 amide bonds. The number of halogens is 1. The standard InChI is InChI=1S/C13H13BrN2O2S/c1-3-10-7(2)19-13(15-10)16-12(18)9-5-4-8(14)6-11(9)17/h4-6,17H,3H2,1-2H3,(H,15,16,18). The summed E-state index contributed by atoms with van der Waals surface area (Å²) in [4.78, 5) is 17.5. The monoisotopic (exact) mass is 340 g/mol. The Morgan fingerprint density at radius 3 is 2.84 bits per heavy atom. The molecule has 2 aromatic rings. The van der Waals surface area contributed by atoms with Crippen LogP contribution >= 0.6 is 27.3 Å². The molecule has 2 N–H and O–H groups in total. The molecule has 19 heavy (non-hydrogen) atoms. The van der Waals surface area contributed by atoms with Crippen molar-refractivity contribution >= 4 is 38.3 Å². The zero-order valence-corrected chi connectivity index (χ0v) is 12.9. The highest BCUT2D eigenvalue weighted by Gasteiger charge is 2.14. The van der Waals surface area contributed by atoms with Gasteiger partial charge in [0.25, 0.3) is 5.91 Å². The number of phenols is 1. The van der Waals surface area contributed by atoms with Crippen LogP contribution in [0.5, 0.6) is 5.75 Å². The van der Waals surface area contributed by atoms with Crippen LogP contribution < -0.4 is 5.32 Å². The molecule has 0 aliphatic rings. The highest BCUT2D eigenvalue weighted by molar-refractivity contribution is 9.10. The summed E-state index contributed by atoms with van der Waals surface area (Å²) >= 11 is 4.67. The molecule has 0 bridgehead atoms. The summed E-state index contributed by atoms with van der Waals surface area (Å²) in [6.45, 7) is 4.00. The van der Waals surface area contributed by atoms with Gasteiger partial charge in [-0.25, -0.2) is 4.98 Å². The van der Waals surface area contributed by atoms with Gasteiger partial charge in [-0.05, 0) is 31.5 Å². The van der Waals surface area contributed by atoms with Gasteiger partial charge >= 0.3 is 0 Å². The van der Waals surface area contributed by atoms with Gasteiger partial charge in [0.1, 0.15) is 5.75 Å². The van der Waals surface area contributed by atoms with E-state index in [0.29, 0.717) is 5.13 Å². The molecule has 0 unspecified atom stereocenters. The van der Waals surface area contributed by atoms with E-state index in [-0.39, 0.29) is 17.2 Å². The van der Waals surface area contributed by atoms with Crippen LogP contribution in [0.1, 0.15) is 27.9 Å². The van der Waals surface area contributed by atoms with E-state index in [2.05, 4.69) is 26.2 Å². The lowest BCUT2D eigenvalue weighted by Gasteiger charge is -2.04. The predicted molar refractivity (Wildman–Crippen MR) is 80.0 cm³/mol. The van der Waals surface area contributed by atoms with E-state index in [4.69, 9.17) is 0 Å². The molecule has 0 atom stereocenters. The smallest absolute Gasteiger partial charge is 0.261 e. The molecule has 1 heterocycles. The van der Waals surface area contributed by atoms with E-state index in [1.54, 1.807) is 12.1 Å². The average molecular weight is 341 g/mol. The van der Waals surface area contributed by atoms with Crippen molar-refractivity contribution in [2.45, 2.75) is 20.3 Å². The predicted octanol–water partition coefficient (Wildman–Crippen LogP) is 3.73. The number of hydrogen-bond donors (Lipinski definition) is 2. The molecule has 2 rings (SSSR count). The summed E-state index contributed by atoms with van der Waals surface area (Å²) in [5.41, 5.74) is 1.22. The van der Waals surface area contributed by atoms with Crippen molar-refractivity contribution in [2.24, 2.45) is 0 Å². The van der Waals surface area contributed by atoms with Crippen molar-refractivity contribution in [3.63, 3.8) is 0 Å². The largest absolute Gasteiger partial charge is 0.507 e. The summed E-state index contributed by atoms with van der Waals surface area (Å²) in [7, 11) is 0. The second-order valence-corrected chi connectivity index (χ2v) is 6.11. The zero-order valence-electron chi connectivity index (χ0n) is 10.5. The van der Waals surface area contributed by atoms with Gasteiger partial charge in [-0.15, -0.1) is 11.3 Å². The lowest BCUT2D eigenvalue weighted by atomic mass is 10.2. The van der Waals surface area contributed by atoms with Crippen molar-refractivity contribution in [3.8, 4) is 5.75 Å². The molecule has 6 heteroatoms. The number of amides is 1. The van der Waals surface area contributed by atoms with Crippen molar-refractivity contribution in [1.82, 2.24) is 4.98 Å². The minimum absolute atomic E-state index is 0.0594. The van der Waals surface area contributed by atoms with Crippen LogP contribution in [0, 0.1) is 6.92 Å². The number of hydrogen-bond acceptors (Lipinski definition) is 4. The van der Waals surface area contributed by atoms with Crippen LogP contribution in [0.4, 0.5) is 5.13 Å². The van der Waals surface area contributed by atoms with Gasteiger partial charge in [0, 0.05) is 9.35 Å². The van der Waals surface area contributed by atoms with Crippen LogP contribution in [0.3, 0.4) is 0 Å². The number of aromatic hydroxyl groups is 1. The molecular formula is C13H13BrN2O2S. The molecule has 0 radical (unpaired) electrons. The minimum Gasteiger partial charge on any atom is -0.507 e. The van der Waals surface area contributed by atoms with Gasteiger partial charge in [-0.3, -0.25) is 10.1 Å². The summed E-state index contributed by atoms with van der Waals surface area (Å²) in [6, 6.07) is 4.76. The number of carbonyl (C=O) groups excluding carboxylic acids is 1. The zero-order chi connectivity index (χ0) is 14.0. The second-order valence-electron chi connectivity index (χ2n) is 3.99. The van der Waals surface area contributed by atoms with Crippen LogP contribution in [-0.2, 0) is 6.42 Å². The van der Waals surface area contributed by atoms with E-state index < -0.39 is 0 Å². The number of carbonyl (C=O) groups is 1. The van der Waals surface area contributed by atoms with E-state index in [9.17, 15) is 9.90 Å². The topological polar surface area (TPSA) is 62.2 Å². The quantitative estimate of drug-likeness (QED) is 0.894. The van der Waals surface area contributed by atoms with Crippen molar-refractivity contribution in [2.75, 3.05) is 5.32 Å². The molecule has 0 aliphatic carbocycles. The van der Waals surface area contributed by atoms with Gasteiger partial charge in [-0.2, -0.15) is 0 Å². The molecule has 0 spiro atoms. The molecule has 0 fully saturated rings. The van der Waals surface area contributed by atoms with E-state index in [1.807, 2.05) is 13.8 Å². The van der Waals surface area contributed by atoms with E-state index >= 15 is 0 Å². The molecule has 0 saturated carbocycles. The maximum atomic E-state index is 12.0. The minimum atomic E-state index is -0.360. The number of nitrogens with zero attached hydrogens (tertiary/aromatic N) is 1. The first-order valence-corrected chi connectivity index (χ1v) is 7.38. The number of nitrogens with one attached hydrogen (secondary N) is 1. The van der Waals surface area contributed by atoms with Gasteiger partial charge in [0.15, 0.2) is 5.13 Å². The van der Waals surface area contributed by atoms with Crippen molar-refractivity contribution in [1.29, 1.82) is 0 Å². The Kier molecular flexibility index (Phi) is 4.21. The number of phenolic OH excluding ortho intramolecular Hbond substituents is 1. The normalized spacial score (nSPS) is 10.5. The third-order valence-electron chi connectivity index (χ3n) is 2.65. The van der Waals surface area contributed by atoms with Crippen LogP contribution in [0.2, 0.25) is 0 Å². The van der Waals surface area contributed by atoms with Gasteiger partial charge < -0.3 is 5.11 Å². The van der Waals surface area contributed by atoms with E-state index in [1.165, 1.54) is 17.4 Å². The van der Waals surface area contributed by atoms with Crippen LogP contribution in [-0.4, -0.2) is 16.0 Å². The molecule has 0 aliphatic heterocycles. The summed E-state index contributed by atoms with van der Waals surface area (Å²) in [5.74, 6) is -0.419. The summed E-state index contributed by atoms with van der Waals surface area (Å²) < 4.78 is 0.722. The van der Waals surface area contributed by atoms with Crippen molar-refractivity contribution in [3.05, 3.63) is 38.8 Å². The van der Waals surface area contributed by atoms with Crippen molar-refractivity contribution < 1.29 is 9.90 Å². The van der Waals surface area contributed by atoms with Gasteiger partial charge in [-0.1, -0.05) is 22.9 Å². The second kappa shape index (κ2) is 5.71. The van der Waals surface area contributed by atoms with E-state index in [0.717, 1.165) is 21.5 Å². The average Bonchev–Trinajstić information content (AvgIpc) is 2.69. The lowest BCUT2D eigenvalue weighted by molar-refractivity contribution is 0.102. The Labute approximate surface area is 123 Å². The first-order chi connectivity index (χ1) is 9.01. The maximum Gasteiger partial charge on any atom is 0.261 e. The summed E-state index contributed by atoms with van der Waals surface area (Å²) in [5, 5.41) is 13.0.